The largest absolute Gasteiger partial charge is 0.294 e. The first-order valence-corrected chi connectivity index (χ1v) is 6.22. The number of carbonyl (C=O) groups excluding carboxylic acids is 1. The number of aromatic nitrogens is 2. The smallest absolute Gasteiger partial charge is 0.170 e. The zero-order valence-electron chi connectivity index (χ0n) is 11.1. The lowest BCUT2D eigenvalue weighted by atomic mass is 10.0. The molecule has 18 heavy (non-hydrogen) atoms. The molecule has 0 atom stereocenters. The molecule has 1 aromatic heterocycles. The minimum absolute atomic E-state index is 0.123. The molecule has 0 radical (unpaired) electrons. The van der Waals surface area contributed by atoms with E-state index in [4.69, 9.17) is 0 Å². The van der Waals surface area contributed by atoms with Crippen LogP contribution in [0.15, 0.2) is 30.6 Å². The van der Waals surface area contributed by atoms with E-state index in [0.29, 0.717) is 12.0 Å². The highest BCUT2D eigenvalue weighted by atomic mass is 16.1. The molecule has 0 saturated carbocycles. The van der Waals surface area contributed by atoms with Gasteiger partial charge in [-0.3, -0.25) is 9.48 Å². The highest BCUT2D eigenvalue weighted by molar-refractivity contribution is 5.97. The summed E-state index contributed by atoms with van der Waals surface area (Å²) in [6.07, 6.45) is 3.90. The van der Waals surface area contributed by atoms with Gasteiger partial charge < -0.3 is 0 Å². The monoisotopic (exact) mass is 242 g/mol. The van der Waals surface area contributed by atoms with Crippen molar-refractivity contribution in [2.75, 3.05) is 0 Å². The topological polar surface area (TPSA) is 34.9 Å². The third kappa shape index (κ3) is 2.67. The van der Waals surface area contributed by atoms with Gasteiger partial charge in [-0.05, 0) is 37.5 Å². The van der Waals surface area contributed by atoms with E-state index in [2.05, 4.69) is 31.1 Å². The van der Waals surface area contributed by atoms with E-state index < -0.39 is 0 Å². The van der Waals surface area contributed by atoms with Gasteiger partial charge in [-0.25, -0.2) is 0 Å². The van der Waals surface area contributed by atoms with Crippen molar-refractivity contribution in [1.29, 1.82) is 0 Å². The standard InChI is InChI=1S/C15H18N2O/c1-4-17-10-14(9-16-17)15(18)8-13-6-5-11(2)12(3)7-13/h5-7,9-10H,4,8H2,1-3H3. The van der Waals surface area contributed by atoms with Crippen molar-refractivity contribution < 1.29 is 4.79 Å². The molecule has 0 aliphatic carbocycles. The molecule has 0 saturated heterocycles. The van der Waals surface area contributed by atoms with Crippen molar-refractivity contribution in [3.8, 4) is 0 Å². The summed E-state index contributed by atoms with van der Waals surface area (Å²) in [6.45, 7) is 6.94. The second kappa shape index (κ2) is 5.17. The van der Waals surface area contributed by atoms with Crippen molar-refractivity contribution in [3.05, 3.63) is 52.8 Å². The van der Waals surface area contributed by atoms with Gasteiger partial charge in [0.05, 0.1) is 11.8 Å². The molecule has 2 aromatic rings. The van der Waals surface area contributed by atoms with Crippen LogP contribution in [-0.2, 0) is 13.0 Å². The molecule has 0 bridgehead atoms. The number of ketones is 1. The fraction of sp³-hybridized carbons (Fsp3) is 0.333. The van der Waals surface area contributed by atoms with Crippen molar-refractivity contribution in [1.82, 2.24) is 9.78 Å². The molecule has 0 aliphatic heterocycles. The zero-order valence-corrected chi connectivity index (χ0v) is 11.1. The fourth-order valence-electron chi connectivity index (χ4n) is 1.88. The molecule has 0 spiro atoms. The van der Waals surface area contributed by atoms with E-state index in [1.807, 2.05) is 19.2 Å². The quantitative estimate of drug-likeness (QED) is 0.773. The molecule has 0 N–H and O–H groups in total. The minimum atomic E-state index is 0.123. The molecular weight excluding hydrogens is 224 g/mol. The van der Waals surface area contributed by atoms with E-state index in [1.54, 1.807) is 10.9 Å². The van der Waals surface area contributed by atoms with Crippen LogP contribution in [0.3, 0.4) is 0 Å². The average Bonchev–Trinajstić information content (AvgIpc) is 2.82. The lowest BCUT2D eigenvalue weighted by molar-refractivity contribution is 0.0993. The van der Waals surface area contributed by atoms with Gasteiger partial charge in [0.25, 0.3) is 0 Å². The summed E-state index contributed by atoms with van der Waals surface area (Å²) in [5.74, 6) is 0.123. The summed E-state index contributed by atoms with van der Waals surface area (Å²) in [7, 11) is 0. The summed E-state index contributed by atoms with van der Waals surface area (Å²) in [5.41, 5.74) is 4.23. The third-order valence-corrected chi connectivity index (χ3v) is 3.22. The van der Waals surface area contributed by atoms with Gasteiger partial charge in [-0.15, -0.1) is 0 Å². The average molecular weight is 242 g/mol. The van der Waals surface area contributed by atoms with Gasteiger partial charge in [-0.1, -0.05) is 18.2 Å². The molecule has 1 heterocycles. The Morgan fingerprint density at radius 1 is 1.28 bits per heavy atom. The number of benzene rings is 1. The van der Waals surface area contributed by atoms with Crippen molar-refractivity contribution in [2.45, 2.75) is 33.7 Å². The number of aryl methyl sites for hydroxylation is 3. The van der Waals surface area contributed by atoms with E-state index in [1.165, 1.54) is 11.1 Å². The third-order valence-electron chi connectivity index (χ3n) is 3.22. The molecule has 0 unspecified atom stereocenters. The van der Waals surface area contributed by atoms with Crippen LogP contribution < -0.4 is 0 Å². The van der Waals surface area contributed by atoms with E-state index in [0.717, 1.165) is 12.1 Å². The van der Waals surface area contributed by atoms with Crippen molar-refractivity contribution in [3.63, 3.8) is 0 Å². The fourth-order valence-corrected chi connectivity index (χ4v) is 1.88. The Balaban J connectivity index is 2.13. The van der Waals surface area contributed by atoms with Crippen LogP contribution >= 0.6 is 0 Å². The first-order chi connectivity index (χ1) is 8.60. The van der Waals surface area contributed by atoms with Crippen LogP contribution in [0, 0.1) is 13.8 Å². The zero-order chi connectivity index (χ0) is 13.1. The Morgan fingerprint density at radius 3 is 2.67 bits per heavy atom. The van der Waals surface area contributed by atoms with Gasteiger partial charge in [0, 0.05) is 19.2 Å². The van der Waals surface area contributed by atoms with Gasteiger partial charge >= 0.3 is 0 Å². The SMILES string of the molecule is CCn1cc(C(=O)Cc2ccc(C)c(C)c2)cn1. The number of rotatable bonds is 4. The summed E-state index contributed by atoms with van der Waals surface area (Å²) >= 11 is 0. The normalized spacial score (nSPS) is 10.6. The van der Waals surface area contributed by atoms with Crippen molar-refractivity contribution in [2.24, 2.45) is 0 Å². The molecule has 2 rings (SSSR count). The number of Topliss-reactive ketones (excluding diaryl/α,β-unsaturated/α-hetero) is 1. The highest BCUT2D eigenvalue weighted by Crippen LogP contribution is 2.12. The molecule has 1 aromatic carbocycles. The van der Waals surface area contributed by atoms with Crippen LogP contribution in [0.25, 0.3) is 0 Å². The molecule has 3 nitrogen and oxygen atoms in total. The van der Waals surface area contributed by atoms with E-state index in [-0.39, 0.29) is 5.78 Å². The van der Waals surface area contributed by atoms with Crippen LogP contribution in [0.4, 0.5) is 0 Å². The van der Waals surface area contributed by atoms with Crippen LogP contribution in [-0.4, -0.2) is 15.6 Å². The second-order valence-corrected chi connectivity index (χ2v) is 4.60. The molecular formula is C15H18N2O. The van der Waals surface area contributed by atoms with Gasteiger partial charge in [-0.2, -0.15) is 5.10 Å². The predicted molar refractivity (Wildman–Crippen MR) is 71.9 cm³/mol. The Hall–Kier alpha value is -1.90. The Labute approximate surface area is 107 Å². The van der Waals surface area contributed by atoms with Crippen LogP contribution in [0.5, 0.6) is 0 Å². The minimum Gasteiger partial charge on any atom is -0.294 e. The maximum atomic E-state index is 12.1. The summed E-state index contributed by atoms with van der Waals surface area (Å²) in [5, 5.41) is 4.12. The van der Waals surface area contributed by atoms with E-state index in [9.17, 15) is 4.79 Å². The lowest BCUT2D eigenvalue weighted by Crippen LogP contribution is -2.03. The van der Waals surface area contributed by atoms with Gasteiger partial charge in [0.2, 0.25) is 0 Å². The summed E-state index contributed by atoms with van der Waals surface area (Å²) in [6, 6.07) is 6.16. The molecule has 0 aliphatic rings. The van der Waals surface area contributed by atoms with Gasteiger partial charge in [0.1, 0.15) is 0 Å². The molecule has 3 heteroatoms. The van der Waals surface area contributed by atoms with Crippen molar-refractivity contribution >= 4 is 5.78 Å². The first-order valence-electron chi connectivity index (χ1n) is 6.22. The summed E-state index contributed by atoms with van der Waals surface area (Å²) in [4.78, 5) is 12.1. The molecule has 94 valence electrons. The second-order valence-electron chi connectivity index (χ2n) is 4.60. The molecule has 0 amide bonds. The first kappa shape index (κ1) is 12.6. The maximum Gasteiger partial charge on any atom is 0.170 e. The number of hydrogen-bond acceptors (Lipinski definition) is 2. The number of hydrogen-bond donors (Lipinski definition) is 0. The summed E-state index contributed by atoms with van der Waals surface area (Å²) < 4.78 is 1.77. The maximum absolute atomic E-state index is 12.1. The van der Waals surface area contributed by atoms with E-state index >= 15 is 0 Å². The van der Waals surface area contributed by atoms with Crippen LogP contribution in [0.1, 0.15) is 34.0 Å². The Morgan fingerprint density at radius 2 is 2.06 bits per heavy atom. The highest BCUT2D eigenvalue weighted by Gasteiger charge is 2.09. The lowest BCUT2D eigenvalue weighted by Gasteiger charge is -2.03. The molecule has 0 fully saturated rings. The van der Waals surface area contributed by atoms with Crippen LogP contribution in [0.2, 0.25) is 0 Å². The Bertz CT molecular complexity index is 570. The van der Waals surface area contributed by atoms with Gasteiger partial charge in [0.15, 0.2) is 5.78 Å². The number of nitrogens with zero attached hydrogens (tertiary/aromatic N) is 2. The Kier molecular flexibility index (Phi) is 3.60. The number of carbonyl (C=O) groups is 1. The predicted octanol–water partition coefficient (Wildman–Crippen LogP) is 2.95.